The van der Waals surface area contributed by atoms with Gasteiger partial charge in [-0.2, -0.15) is 31.4 Å². The van der Waals surface area contributed by atoms with E-state index in [9.17, 15) is 31.1 Å². The molecule has 3 aromatic heterocycles. The van der Waals surface area contributed by atoms with E-state index >= 15 is 0 Å². The number of H-pyrrole nitrogens is 1. The number of carboxylic acid groups (broad SMARTS) is 2. The predicted octanol–water partition coefficient (Wildman–Crippen LogP) is 6.03. The molecule has 4 aromatic rings. The lowest BCUT2D eigenvalue weighted by Crippen LogP contribution is -2.21. The number of amides is 1. The standard InChI is InChI=1S/C27H35N7O.2C2HF3O2/c1-18-21-10-9-19(15-25(21)34(32-18)13-6-4-3-5-11-28)27(35)31-26-16-22-20(17-29-26)14-23(30-22)24-8-7-12-33(24)2;2*3-2(4,5)1(6)7/h9-10,14-17,24,30H,3-8,11-13,28H2,1-2H3,(H,29,31,35);2*(H,6,7)/t24-;;/m1../s1. The van der Waals surface area contributed by atoms with Crippen molar-refractivity contribution in [2.75, 3.05) is 25.5 Å². The number of rotatable bonds is 9. The number of fused-ring (bicyclic) bond motifs is 2. The first-order chi connectivity index (χ1) is 22.9. The molecule has 18 heteroatoms. The van der Waals surface area contributed by atoms with Crippen molar-refractivity contribution in [3.63, 3.8) is 0 Å². The largest absolute Gasteiger partial charge is 0.490 e. The van der Waals surface area contributed by atoms with Crippen molar-refractivity contribution in [3.05, 3.63) is 53.5 Å². The van der Waals surface area contributed by atoms with Crippen LogP contribution in [0.5, 0.6) is 0 Å². The first kappa shape index (κ1) is 38.7. The van der Waals surface area contributed by atoms with Gasteiger partial charge in [0.1, 0.15) is 5.82 Å². The van der Waals surface area contributed by atoms with Crippen LogP contribution in [-0.2, 0) is 16.1 Å². The highest BCUT2D eigenvalue weighted by Gasteiger charge is 2.39. The number of carbonyl (C=O) groups excluding carboxylic acids is 1. The third-order valence-corrected chi connectivity index (χ3v) is 7.65. The van der Waals surface area contributed by atoms with E-state index in [1.807, 2.05) is 42.1 Å². The number of likely N-dealkylation sites (tertiary alicyclic amines) is 1. The van der Waals surface area contributed by atoms with Gasteiger partial charge in [-0.05, 0) is 70.9 Å². The number of alkyl halides is 6. The third-order valence-electron chi connectivity index (χ3n) is 7.65. The number of carboxylic acids is 2. The minimum Gasteiger partial charge on any atom is -0.475 e. The summed E-state index contributed by atoms with van der Waals surface area (Å²) in [7, 11) is 2.17. The lowest BCUT2D eigenvalue weighted by molar-refractivity contribution is -0.193. The number of nitrogens with one attached hydrogen (secondary N) is 2. The zero-order chi connectivity index (χ0) is 36.5. The van der Waals surface area contributed by atoms with E-state index in [4.69, 9.17) is 30.6 Å². The number of halogens is 6. The van der Waals surface area contributed by atoms with Crippen LogP contribution in [-0.4, -0.2) is 85.2 Å². The molecule has 0 saturated carbocycles. The molecule has 4 heterocycles. The highest BCUT2D eigenvalue weighted by atomic mass is 19.4. The molecular weight excluding hydrogens is 664 g/mol. The van der Waals surface area contributed by atoms with Crippen LogP contribution in [0.4, 0.5) is 32.2 Å². The smallest absolute Gasteiger partial charge is 0.475 e. The summed E-state index contributed by atoms with van der Waals surface area (Å²) in [6, 6.07) is 10.3. The summed E-state index contributed by atoms with van der Waals surface area (Å²) in [6.07, 6.45) is -1.59. The van der Waals surface area contributed by atoms with Crippen LogP contribution < -0.4 is 11.1 Å². The van der Waals surface area contributed by atoms with Crippen molar-refractivity contribution in [1.82, 2.24) is 24.6 Å². The average molecular weight is 702 g/mol. The summed E-state index contributed by atoms with van der Waals surface area (Å²) in [5.41, 5.74) is 10.4. The first-order valence-corrected chi connectivity index (χ1v) is 15.2. The van der Waals surface area contributed by atoms with Crippen molar-refractivity contribution in [1.29, 1.82) is 0 Å². The van der Waals surface area contributed by atoms with Gasteiger partial charge in [0.05, 0.1) is 16.7 Å². The molecule has 1 amide bonds. The average Bonchev–Trinajstić information content (AvgIpc) is 3.72. The van der Waals surface area contributed by atoms with Gasteiger partial charge in [-0.1, -0.05) is 18.9 Å². The molecule has 0 radical (unpaired) electrons. The van der Waals surface area contributed by atoms with Crippen molar-refractivity contribution in [2.24, 2.45) is 5.73 Å². The number of aromatic amines is 1. The second-order valence-corrected chi connectivity index (χ2v) is 11.3. The molecular formula is C31H37F6N7O5. The van der Waals surface area contributed by atoms with Crippen LogP contribution in [0.3, 0.4) is 0 Å². The van der Waals surface area contributed by atoms with Crippen molar-refractivity contribution in [3.8, 4) is 0 Å². The number of nitrogens with zero attached hydrogens (tertiary/aromatic N) is 4. The van der Waals surface area contributed by atoms with E-state index in [-0.39, 0.29) is 5.91 Å². The Hall–Kier alpha value is -4.71. The quantitative estimate of drug-likeness (QED) is 0.103. The van der Waals surface area contributed by atoms with E-state index in [2.05, 4.69) is 33.3 Å². The van der Waals surface area contributed by atoms with Crippen LogP contribution in [0.15, 0.2) is 36.5 Å². The van der Waals surface area contributed by atoms with E-state index in [1.54, 1.807) is 0 Å². The maximum Gasteiger partial charge on any atom is 0.490 e. The second kappa shape index (κ2) is 16.6. The van der Waals surface area contributed by atoms with Gasteiger partial charge in [-0.25, -0.2) is 14.6 Å². The van der Waals surface area contributed by atoms with Gasteiger partial charge in [-0.15, -0.1) is 0 Å². The minimum atomic E-state index is -5.08. The number of carbonyl (C=O) groups is 3. The van der Waals surface area contributed by atoms with Gasteiger partial charge in [0.25, 0.3) is 5.91 Å². The minimum absolute atomic E-state index is 0.172. The lowest BCUT2D eigenvalue weighted by Gasteiger charge is -2.17. The molecule has 268 valence electrons. The van der Waals surface area contributed by atoms with Crippen molar-refractivity contribution < 1.29 is 50.9 Å². The molecule has 1 aliphatic rings. The number of pyridine rings is 1. The zero-order valence-electron chi connectivity index (χ0n) is 26.7. The van der Waals surface area contributed by atoms with Gasteiger partial charge in [-0.3, -0.25) is 14.4 Å². The van der Waals surface area contributed by atoms with Crippen LogP contribution in [0, 0.1) is 6.92 Å². The summed E-state index contributed by atoms with van der Waals surface area (Å²) in [5, 5.41) is 24.1. The third kappa shape index (κ3) is 10.9. The normalized spacial score (nSPS) is 15.0. The molecule has 1 aliphatic heterocycles. The van der Waals surface area contributed by atoms with E-state index in [0.717, 1.165) is 79.2 Å². The number of benzene rings is 1. The summed E-state index contributed by atoms with van der Waals surface area (Å²) in [5.74, 6) is -5.14. The Morgan fingerprint density at radius 1 is 1.00 bits per heavy atom. The molecule has 0 unspecified atom stereocenters. The number of aliphatic carboxylic acids is 2. The number of unbranched alkanes of at least 4 members (excludes halogenated alkanes) is 3. The number of aromatic nitrogens is 4. The van der Waals surface area contributed by atoms with E-state index < -0.39 is 24.3 Å². The predicted molar refractivity (Wildman–Crippen MR) is 168 cm³/mol. The van der Waals surface area contributed by atoms with Gasteiger partial charge >= 0.3 is 24.3 Å². The van der Waals surface area contributed by atoms with Crippen LogP contribution in [0.1, 0.15) is 66.3 Å². The number of anilines is 1. The molecule has 5 rings (SSSR count). The van der Waals surface area contributed by atoms with Crippen molar-refractivity contribution in [2.45, 2.75) is 70.4 Å². The highest BCUT2D eigenvalue weighted by molar-refractivity contribution is 6.06. The fraction of sp³-hybridized carbons (Fsp3) is 0.452. The molecule has 12 nitrogen and oxygen atoms in total. The molecule has 0 spiro atoms. The molecule has 6 N–H and O–H groups in total. The molecule has 0 bridgehead atoms. The fourth-order valence-electron chi connectivity index (χ4n) is 5.20. The molecule has 1 atom stereocenters. The number of hydrogen-bond acceptors (Lipinski definition) is 7. The molecule has 1 fully saturated rings. The summed E-state index contributed by atoms with van der Waals surface area (Å²) in [4.78, 5) is 41.3. The Kier molecular flexibility index (Phi) is 13.1. The van der Waals surface area contributed by atoms with Gasteiger partial charge in [0.15, 0.2) is 0 Å². The van der Waals surface area contributed by atoms with E-state index in [0.29, 0.717) is 17.4 Å². The Balaban J connectivity index is 0.000000392. The number of aryl methyl sites for hydroxylation is 2. The van der Waals surface area contributed by atoms with Crippen LogP contribution in [0.2, 0.25) is 0 Å². The second-order valence-electron chi connectivity index (χ2n) is 11.3. The first-order valence-electron chi connectivity index (χ1n) is 15.2. The lowest BCUT2D eigenvalue weighted by atomic mass is 10.1. The fourth-order valence-corrected chi connectivity index (χ4v) is 5.20. The van der Waals surface area contributed by atoms with Gasteiger partial charge in [0.2, 0.25) is 0 Å². The Morgan fingerprint density at radius 3 is 2.20 bits per heavy atom. The molecule has 49 heavy (non-hydrogen) atoms. The Bertz CT molecular complexity index is 1730. The Labute approximate surface area is 276 Å². The maximum atomic E-state index is 13.1. The zero-order valence-corrected chi connectivity index (χ0v) is 26.7. The highest BCUT2D eigenvalue weighted by Crippen LogP contribution is 2.32. The summed E-state index contributed by atoms with van der Waals surface area (Å²) in [6.45, 7) is 4.72. The SMILES string of the molecule is Cc1nn(CCCCCCN)c2cc(C(=O)Nc3cc4[nH]c([C@H]5CCCN5C)cc4cn3)ccc12.O=C(O)C(F)(F)F.O=C(O)C(F)(F)F. The van der Waals surface area contributed by atoms with Gasteiger partial charge < -0.3 is 26.2 Å². The van der Waals surface area contributed by atoms with Gasteiger partial charge in [0, 0.05) is 46.9 Å². The monoisotopic (exact) mass is 701 g/mol. The molecule has 1 aromatic carbocycles. The maximum absolute atomic E-state index is 13.1. The van der Waals surface area contributed by atoms with Crippen LogP contribution in [0.25, 0.3) is 21.8 Å². The van der Waals surface area contributed by atoms with Crippen LogP contribution >= 0.6 is 0 Å². The molecule has 0 aliphatic carbocycles. The Morgan fingerprint density at radius 2 is 1.63 bits per heavy atom. The van der Waals surface area contributed by atoms with Crippen molar-refractivity contribution >= 4 is 45.5 Å². The molecule has 1 saturated heterocycles. The summed E-state index contributed by atoms with van der Waals surface area (Å²) >= 11 is 0. The summed E-state index contributed by atoms with van der Waals surface area (Å²) < 4.78 is 65.5. The topological polar surface area (TPSA) is 179 Å². The van der Waals surface area contributed by atoms with E-state index in [1.165, 1.54) is 12.1 Å². The number of hydrogen-bond donors (Lipinski definition) is 5. The number of nitrogens with two attached hydrogens (primary N) is 1.